The molecule has 0 amide bonds. The van der Waals surface area contributed by atoms with Crippen molar-refractivity contribution in [2.24, 2.45) is 11.8 Å². The zero-order chi connectivity index (χ0) is 15.7. The number of alkyl halides is 3. The Hall–Kier alpha value is -0.380. The van der Waals surface area contributed by atoms with Crippen LogP contribution in [0.25, 0.3) is 0 Å². The summed E-state index contributed by atoms with van der Waals surface area (Å²) in [6, 6.07) is 0. The number of methoxy groups -OCH3 is 1. The predicted octanol–water partition coefficient (Wildman–Crippen LogP) is 2.27. The van der Waals surface area contributed by atoms with E-state index in [9.17, 15) is 21.6 Å². The van der Waals surface area contributed by atoms with E-state index < -0.39 is 33.9 Å². The summed E-state index contributed by atoms with van der Waals surface area (Å²) in [5.41, 5.74) is -5.46. The molecule has 1 saturated heterocycles. The zero-order valence-corrected chi connectivity index (χ0v) is 12.5. The van der Waals surface area contributed by atoms with Crippen molar-refractivity contribution in [3.8, 4) is 0 Å². The van der Waals surface area contributed by atoms with Crippen LogP contribution < -0.4 is 0 Å². The third kappa shape index (κ3) is 3.44. The van der Waals surface area contributed by atoms with Crippen molar-refractivity contribution in [3.63, 3.8) is 0 Å². The van der Waals surface area contributed by atoms with Crippen LogP contribution in [0, 0.1) is 11.8 Å². The van der Waals surface area contributed by atoms with Gasteiger partial charge in [0, 0.05) is 7.11 Å². The summed E-state index contributed by atoms with van der Waals surface area (Å²) < 4.78 is 74.1. The molecule has 20 heavy (non-hydrogen) atoms. The molecule has 5 nitrogen and oxygen atoms in total. The molecule has 0 aromatic carbocycles. The van der Waals surface area contributed by atoms with Crippen molar-refractivity contribution in [1.82, 2.24) is 0 Å². The molecule has 1 rings (SSSR count). The lowest BCUT2D eigenvalue weighted by Crippen LogP contribution is -2.52. The summed E-state index contributed by atoms with van der Waals surface area (Å²) in [5, 5.41) is 0. The Morgan fingerprint density at radius 1 is 1.20 bits per heavy atom. The summed E-state index contributed by atoms with van der Waals surface area (Å²) in [5.74, 6) is -0.615. The van der Waals surface area contributed by atoms with Gasteiger partial charge in [0.25, 0.3) is 0 Å². The smallest absolute Gasteiger partial charge is 0.353 e. The van der Waals surface area contributed by atoms with Gasteiger partial charge in [0.2, 0.25) is 0 Å². The molecule has 5 atom stereocenters. The minimum Gasteiger partial charge on any atom is -0.353 e. The van der Waals surface area contributed by atoms with E-state index in [-0.39, 0.29) is 12.0 Å². The van der Waals surface area contributed by atoms with Crippen LogP contribution in [0.1, 0.15) is 27.2 Å². The third-order valence-corrected chi connectivity index (χ3v) is 4.71. The number of hydrogen-bond donors (Lipinski definition) is 0. The van der Waals surface area contributed by atoms with Gasteiger partial charge in [-0.3, -0.25) is 4.18 Å². The van der Waals surface area contributed by atoms with Gasteiger partial charge in [0.1, 0.15) is 6.10 Å². The summed E-state index contributed by atoms with van der Waals surface area (Å²) in [7, 11) is -4.45. The minimum absolute atomic E-state index is 0.153. The molecule has 0 N–H and O–H groups in total. The molecular weight excluding hydrogens is 301 g/mol. The molecule has 0 spiro atoms. The van der Waals surface area contributed by atoms with Crippen LogP contribution in [-0.4, -0.2) is 39.5 Å². The average molecular weight is 320 g/mol. The molecule has 0 aliphatic carbocycles. The minimum atomic E-state index is -5.68. The highest BCUT2D eigenvalue weighted by Gasteiger charge is 2.52. The van der Waals surface area contributed by atoms with E-state index in [1.165, 1.54) is 7.11 Å². The van der Waals surface area contributed by atoms with Gasteiger partial charge < -0.3 is 9.47 Å². The quantitative estimate of drug-likeness (QED) is 0.587. The second kappa shape index (κ2) is 6.17. The van der Waals surface area contributed by atoms with Gasteiger partial charge >= 0.3 is 15.6 Å². The van der Waals surface area contributed by atoms with Gasteiger partial charge in [-0.05, 0) is 18.3 Å². The first-order chi connectivity index (χ1) is 9.05. The molecule has 0 radical (unpaired) electrons. The van der Waals surface area contributed by atoms with Gasteiger partial charge in [-0.25, -0.2) is 0 Å². The van der Waals surface area contributed by atoms with E-state index >= 15 is 0 Å². The third-order valence-electron chi connectivity index (χ3n) is 3.67. The lowest BCUT2D eigenvalue weighted by Gasteiger charge is -2.43. The first-order valence-electron chi connectivity index (χ1n) is 6.23. The first kappa shape index (κ1) is 17.7. The molecule has 2 unspecified atom stereocenters. The monoisotopic (exact) mass is 320 g/mol. The van der Waals surface area contributed by atoms with Crippen molar-refractivity contribution in [1.29, 1.82) is 0 Å². The van der Waals surface area contributed by atoms with Crippen LogP contribution in [0.3, 0.4) is 0 Å². The van der Waals surface area contributed by atoms with Crippen LogP contribution in [0.4, 0.5) is 13.2 Å². The molecule has 120 valence electrons. The van der Waals surface area contributed by atoms with Crippen molar-refractivity contribution in [3.05, 3.63) is 0 Å². The predicted molar refractivity (Wildman–Crippen MR) is 64.1 cm³/mol. The van der Waals surface area contributed by atoms with E-state index in [4.69, 9.17) is 9.47 Å². The van der Waals surface area contributed by atoms with Crippen molar-refractivity contribution in [2.75, 3.05) is 7.11 Å². The summed E-state index contributed by atoms with van der Waals surface area (Å²) in [6.07, 6.45) is -2.06. The Labute approximate surface area is 116 Å². The fraction of sp³-hybridized carbons (Fsp3) is 1.00. The van der Waals surface area contributed by atoms with Crippen LogP contribution in [0.5, 0.6) is 0 Å². The van der Waals surface area contributed by atoms with Crippen LogP contribution in [0.15, 0.2) is 0 Å². The van der Waals surface area contributed by atoms with Crippen LogP contribution >= 0.6 is 0 Å². The van der Waals surface area contributed by atoms with Crippen molar-refractivity contribution >= 4 is 10.1 Å². The maximum Gasteiger partial charge on any atom is 0.523 e. The average Bonchev–Trinajstić information content (AvgIpc) is 2.34. The topological polar surface area (TPSA) is 61.8 Å². The number of rotatable bonds is 4. The molecule has 1 fully saturated rings. The molecule has 0 bridgehead atoms. The van der Waals surface area contributed by atoms with Gasteiger partial charge in [0.05, 0.1) is 6.10 Å². The van der Waals surface area contributed by atoms with Crippen molar-refractivity contribution in [2.45, 2.75) is 51.2 Å². The van der Waals surface area contributed by atoms with E-state index in [2.05, 4.69) is 4.18 Å². The van der Waals surface area contributed by atoms with E-state index in [1.54, 1.807) is 13.8 Å². The second-order valence-corrected chi connectivity index (χ2v) is 6.43. The van der Waals surface area contributed by atoms with Crippen LogP contribution in [-0.2, 0) is 23.8 Å². The number of hydrogen-bond acceptors (Lipinski definition) is 5. The van der Waals surface area contributed by atoms with Crippen molar-refractivity contribution < 1.29 is 35.2 Å². The highest BCUT2D eigenvalue weighted by molar-refractivity contribution is 7.87. The zero-order valence-electron chi connectivity index (χ0n) is 11.7. The summed E-state index contributed by atoms with van der Waals surface area (Å²) in [4.78, 5) is 0. The summed E-state index contributed by atoms with van der Waals surface area (Å²) in [6.45, 7) is 5.27. The lowest BCUT2D eigenvalue weighted by molar-refractivity contribution is -0.255. The fourth-order valence-corrected chi connectivity index (χ4v) is 2.92. The molecule has 1 aliphatic rings. The van der Waals surface area contributed by atoms with Gasteiger partial charge in [-0.15, -0.1) is 0 Å². The Balaban J connectivity index is 2.98. The van der Waals surface area contributed by atoms with E-state index in [0.717, 1.165) is 0 Å². The van der Waals surface area contributed by atoms with Gasteiger partial charge in [-0.2, -0.15) is 21.6 Å². The Morgan fingerprint density at radius 2 is 1.75 bits per heavy atom. The molecular formula is C11H19F3O5S. The first-order valence-corrected chi connectivity index (χ1v) is 7.63. The molecule has 1 aliphatic heterocycles. The largest absolute Gasteiger partial charge is 0.523 e. The highest BCUT2D eigenvalue weighted by Crippen LogP contribution is 2.37. The van der Waals surface area contributed by atoms with E-state index in [1.807, 2.05) is 6.92 Å². The second-order valence-electron chi connectivity index (χ2n) is 4.87. The maximum atomic E-state index is 12.4. The number of ether oxygens (including phenoxy) is 2. The Bertz CT molecular complexity index is 420. The SMILES string of the molecule is CCC1O[C@@H](OC)C(OS(=O)(=O)C(F)(F)F)[C@@H](C)[C@H]1C. The molecule has 0 saturated carbocycles. The van der Waals surface area contributed by atoms with Gasteiger partial charge in [0.15, 0.2) is 6.29 Å². The lowest BCUT2D eigenvalue weighted by atomic mass is 9.83. The standard InChI is InChI=1S/C11H19F3O5S/c1-5-8-6(2)7(3)9(10(17-4)18-8)19-20(15,16)11(12,13)14/h6-10H,5H2,1-4H3/t6-,7+,8?,9?,10-/m1/s1. The summed E-state index contributed by atoms with van der Waals surface area (Å²) >= 11 is 0. The number of halogens is 3. The molecule has 0 aromatic rings. The Kier molecular flexibility index (Phi) is 5.45. The molecule has 1 heterocycles. The maximum absolute atomic E-state index is 12.4. The van der Waals surface area contributed by atoms with Gasteiger partial charge in [-0.1, -0.05) is 20.8 Å². The molecule has 0 aromatic heterocycles. The normalized spacial score (nSPS) is 36.0. The fourth-order valence-electron chi connectivity index (χ4n) is 2.25. The van der Waals surface area contributed by atoms with Crippen LogP contribution in [0.2, 0.25) is 0 Å². The highest BCUT2D eigenvalue weighted by atomic mass is 32.2. The molecule has 9 heteroatoms. The van der Waals surface area contributed by atoms with E-state index in [0.29, 0.717) is 6.42 Å². The Morgan fingerprint density at radius 3 is 2.15 bits per heavy atom.